The zero-order chi connectivity index (χ0) is 12.4. The molecule has 2 N–H and O–H groups in total. The monoisotopic (exact) mass is 248 g/mol. The van der Waals surface area contributed by atoms with Crippen LogP contribution in [-0.2, 0) is 9.84 Å². The highest BCUT2D eigenvalue weighted by molar-refractivity contribution is 7.91. The van der Waals surface area contributed by atoms with Gasteiger partial charge in [0.05, 0.1) is 11.5 Å². The summed E-state index contributed by atoms with van der Waals surface area (Å²) < 4.78 is 23.3. The Morgan fingerprint density at radius 3 is 2.38 bits per heavy atom. The van der Waals surface area contributed by atoms with Gasteiger partial charge in [0, 0.05) is 18.1 Å². The summed E-state index contributed by atoms with van der Waals surface area (Å²) in [6.07, 6.45) is 1.71. The van der Waals surface area contributed by atoms with Crippen molar-refractivity contribution >= 4 is 9.84 Å². The molecule has 96 valence electrons. The van der Waals surface area contributed by atoms with Gasteiger partial charge in [-0.05, 0) is 33.2 Å². The molecule has 1 atom stereocenters. The van der Waals surface area contributed by atoms with E-state index in [4.69, 9.17) is 5.73 Å². The van der Waals surface area contributed by atoms with Crippen molar-refractivity contribution in [2.75, 3.05) is 24.6 Å². The number of nitrogens with two attached hydrogens (primary N) is 1. The fourth-order valence-electron chi connectivity index (χ4n) is 2.69. The van der Waals surface area contributed by atoms with Crippen LogP contribution in [-0.4, -0.2) is 49.5 Å². The number of sulfone groups is 1. The molecule has 0 radical (unpaired) electrons. The van der Waals surface area contributed by atoms with Crippen LogP contribution >= 0.6 is 0 Å². The second kappa shape index (κ2) is 5.02. The van der Waals surface area contributed by atoms with Crippen LogP contribution in [0.1, 0.15) is 33.6 Å². The van der Waals surface area contributed by atoms with Crippen molar-refractivity contribution in [2.24, 2.45) is 5.73 Å². The first-order valence-electron chi connectivity index (χ1n) is 6.04. The average Bonchev–Trinajstić information content (AvgIpc) is 2.51. The van der Waals surface area contributed by atoms with Gasteiger partial charge in [0.15, 0.2) is 9.84 Å². The quantitative estimate of drug-likeness (QED) is 0.775. The fourth-order valence-corrected chi connectivity index (χ4v) is 4.77. The van der Waals surface area contributed by atoms with Crippen LogP contribution in [0.4, 0.5) is 0 Å². The SMILES string of the molecule is CCCN(C(C)C)C1(CN)CCS(=O)(=O)C1. The fraction of sp³-hybridized carbons (Fsp3) is 1.00. The summed E-state index contributed by atoms with van der Waals surface area (Å²) in [5.41, 5.74) is 5.54. The molecule has 1 saturated heterocycles. The lowest BCUT2D eigenvalue weighted by Crippen LogP contribution is -2.57. The van der Waals surface area contributed by atoms with Crippen molar-refractivity contribution in [2.45, 2.75) is 45.2 Å². The van der Waals surface area contributed by atoms with E-state index in [1.54, 1.807) is 0 Å². The zero-order valence-electron chi connectivity index (χ0n) is 10.6. The molecule has 0 aromatic heterocycles. The highest BCUT2D eigenvalue weighted by Gasteiger charge is 2.45. The van der Waals surface area contributed by atoms with E-state index in [1.807, 2.05) is 0 Å². The minimum absolute atomic E-state index is 0.231. The van der Waals surface area contributed by atoms with Crippen molar-refractivity contribution in [1.82, 2.24) is 4.90 Å². The van der Waals surface area contributed by atoms with Crippen LogP contribution < -0.4 is 5.73 Å². The summed E-state index contributed by atoms with van der Waals surface area (Å²) in [4.78, 5) is 2.28. The Balaban J connectivity index is 2.94. The molecule has 0 spiro atoms. The van der Waals surface area contributed by atoms with Gasteiger partial charge in [0.2, 0.25) is 0 Å². The van der Waals surface area contributed by atoms with E-state index in [0.29, 0.717) is 19.0 Å². The third-order valence-corrected chi connectivity index (χ3v) is 5.25. The van der Waals surface area contributed by atoms with E-state index in [-0.39, 0.29) is 17.0 Å². The number of nitrogens with zero attached hydrogens (tertiary/aromatic N) is 1. The predicted octanol–water partition coefficient (Wildman–Crippen LogP) is 0.623. The molecular formula is C11H24N2O2S. The van der Waals surface area contributed by atoms with Gasteiger partial charge in [-0.15, -0.1) is 0 Å². The van der Waals surface area contributed by atoms with Crippen molar-refractivity contribution < 1.29 is 8.42 Å². The van der Waals surface area contributed by atoms with Crippen LogP contribution in [0.2, 0.25) is 0 Å². The molecule has 0 saturated carbocycles. The molecule has 0 bridgehead atoms. The number of hydrogen-bond acceptors (Lipinski definition) is 4. The smallest absolute Gasteiger partial charge is 0.152 e. The van der Waals surface area contributed by atoms with E-state index in [1.165, 1.54) is 0 Å². The van der Waals surface area contributed by atoms with Gasteiger partial charge in [0.25, 0.3) is 0 Å². The van der Waals surface area contributed by atoms with Crippen LogP contribution in [0.3, 0.4) is 0 Å². The average molecular weight is 248 g/mol. The molecule has 16 heavy (non-hydrogen) atoms. The van der Waals surface area contributed by atoms with E-state index >= 15 is 0 Å². The third kappa shape index (κ3) is 2.76. The molecule has 0 aromatic rings. The van der Waals surface area contributed by atoms with Crippen molar-refractivity contribution in [3.63, 3.8) is 0 Å². The highest BCUT2D eigenvalue weighted by Crippen LogP contribution is 2.30. The molecule has 1 unspecified atom stereocenters. The van der Waals surface area contributed by atoms with E-state index in [0.717, 1.165) is 13.0 Å². The molecule has 1 fully saturated rings. The second-order valence-corrected chi connectivity index (χ2v) is 7.24. The standard InChI is InChI=1S/C11H24N2O2S/c1-4-6-13(10(2)3)11(8-12)5-7-16(14,15)9-11/h10H,4-9,12H2,1-3H3. The first-order valence-corrected chi connectivity index (χ1v) is 7.86. The maximum Gasteiger partial charge on any atom is 0.152 e. The first-order chi connectivity index (χ1) is 7.37. The van der Waals surface area contributed by atoms with E-state index in [9.17, 15) is 8.42 Å². The Kier molecular flexibility index (Phi) is 4.37. The van der Waals surface area contributed by atoms with Gasteiger partial charge in [-0.2, -0.15) is 0 Å². The molecule has 0 amide bonds. The van der Waals surface area contributed by atoms with Crippen molar-refractivity contribution in [3.05, 3.63) is 0 Å². The number of hydrogen-bond donors (Lipinski definition) is 1. The lowest BCUT2D eigenvalue weighted by Gasteiger charge is -2.42. The Bertz CT molecular complexity index is 327. The normalized spacial score (nSPS) is 29.1. The molecule has 1 aliphatic rings. The summed E-state index contributed by atoms with van der Waals surface area (Å²) in [7, 11) is -2.88. The Morgan fingerprint density at radius 2 is 2.06 bits per heavy atom. The summed E-state index contributed by atoms with van der Waals surface area (Å²) in [5.74, 6) is 0.520. The first kappa shape index (κ1) is 13.9. The van der Waals surface area contributed by atoms with E-state index in [2.05, 4.69) is 25.7 Å². The van der Waals surface area contributed by atoms with Gasteiger partial charge in [-0.3, -0.25) is 4.90 Å². The van der Waals surface area contributed by atoms with Crippen molar-refractivity contribution in [3.8, 4) is 0 Å². The van der Waals surface area contributed by atoms with Crippen LogP contribution in [0.25, 0.3) is 0 Å². The summed E-state index contributed by atoms with van der Waals surface area (Å²) in [6.45, 7) is 7.69. The molecule has 1 rings (SSSR count). The lowest BCUT2D eigenvalue weighted by molar-refractivity contribution is 0.0813. The molecule has 0 aliphatic carbocycles. The second-order valence-electron chi connectivity index (χ2n) is 5.06. The molecule has 0 aromatic carbocycles. The topological polar surface area (TPSA) is 63.4 Å². The molecule has 1 aliphatic heterocycles. The Hall–Kier alpha value is -0.130. The number of rotatable bonds is 5. The van der Waals surface area contributed by atoms with Crippen molar-refractivity contribution in [1.29, 1.82) is 0 Å². The van der Waals surface area contributed by atoms with Gasteiger partial charge in [-0.1, -0.05) is 6.92 Å². The Labute approximate surface area is 99.1 Å². The maximum absolute atomic E-state index is 11.7. The summed E-state index contributed by atoms with van der Waals surface area (Å²) in [5, 5.41) is 0. The lowest BCUT2D eigenvalue weighted by atomic mass is 9.94. The summed E-state index contributed by atoms with van der Waals surface area (Å²) >= 11 is 0. The van der Waals surface area contributed by atoms with Gasteiger partial charge in [0.1, 0.15) is 0 Å². The molecule has 5 heteroatoms. The zero-order valence-corrected chi connectivity index (χ0v) is 11.4. The largest absolute Gasteiger partial charge is 0.329 e. The van der Waals surface area contributed by atoms with Gasteiger partial charge >= 0.3 is 0 Å². The summed E-state index contributed by atoms with van der Waals surface area (Å²) in [6, 6.07) is 0.344. The third-order valence-electron chi connectivity index (χ3n) is 3.44. The van der Waals surface area contributed by atoms with Crippen LogP contribution in [0.15, 0.2) is 0 Å². The molecule has 1 heterocycles. The minimum Gasteiger partial charge on any atom is -0.329 e. The highest BCUT2D eigenvalue weighted by atomic mass is 32.2. The molecular weight excluding hydrogens is 224 g/mol. The van der Waals surface area contributed by atoms with Gasteiger partial charge < -0.3 is 5.73 Å². The maximum atomic E-state index is 11.7. The minimum atomic E-state index is -2.88. The van der Waals surface area contributed by atoms with Crippen LogP contribution in [0.5, 0.6) is 0 Å². The Morgan fingerprint density at radius 1 is 1.44 bits per heavy atom. The van der Waals surface area contributed by atoms with E-state index < -0.39 is 9.84 Å². The van der Waals surface area contributed by atoms with Crippen LogP contribution in [0, 0.1) is 0 Å². The molecule has 4 nitrogen and oxygen atoms in total. The van der Waals surface area contributed by atoms with Gasteiger partial charge in [-0.25, -0.2) is 8.42 Å². The predicted molar refractivity (Wildman–Crippen MR) is 67.2 cm³/mol.